The first kappa shape index (κ1) is 22.5. The Morgan fingerprint density at radius 1 is 1.18 bits per heavy atom. The quantitative estimate of drug-likeness (QED) is 0.406. The first-order valence-electron chi connectivity index (χ1n) is 10.7. The van der Waals surface area contributed by atoms with Crippen molar-refractivity contribution in [2.75, 3.05) is 11.0 Å². The van der Waals surface area contributed by atoms with E-state index in [2.05, 4.69) is 19.7 Å². The van der Waals surface area contributed by atoms with Crippen LogP contribution in [0.2, 0.25) is 5.02 Å². The Hall–Kier alpha value is -3.24. The molecule has 9 nitrogen and oxygen atoms in total. The number of pyridine rings is 1. The SMILES string of the molecule is Cc1ccnc(Cn2c(-c3ccc(NS(C)(=O)=O)cc3Cl)nc3c(OC4(C)CC4)ncnc32)c1. The van der Waals surface area contributed by atoms with Gasteiger partial charge in [-0.2, -0.15) is 4.98 Å². The van der Waals surface area contributed by atoms with Crippen LogP contribution in [0.3, 0.4) is 0 Å². The highest BCUT2D eigenvalue weighted by Gasteiger charge is 2.41. The molecule has 0 amide bonds. The van der Waals surface area contributed by atoms with Crippen LogP contribution in [0.5, 0.6) is 5.88 Å². The summed E-state index contributed by atoms with van der Waals surface area (Å²) in [4.78, 5) is 18.2. The Labute approximate surface area is 202 Å². The topological polar surface area (TPSA) is 112 Å². The lowest BCUT2D eigenvalue weighted by Gasteiger charge is -2.12. The number of fused-ring (bicyclic) bond motifs is 1. The van der Waals surface area contributed by atoms with E-state index in [9.17, 15) is 8.42 Å². The van der Waals surface area contributed by atoms with Crippen molar-refractivity contribution < 1.29 is 13.2 Å². The van der Waals surface area contributed by atoms with Crippen LogP contribution in [0.4, 0.5) is 5.69 Å². The summed E-state index contributed by atoms with van der Waals surface area (Å²) in [6.45, 7) is 4.45. The number of hydrogen-bond acceptors (Lipinski definition) is 7. The van der Waals surface area contributed by atoms with Crippen LogP contribution < -0.4 is 9.46 Å². The number of aryl methyl sites for hydroxylation is 1. The Morgan fingerprint density at radius 2 is 1.97 bits per heavy atom. The number of sulfonamides is 1. The van der Waals surface area contributed by atoms with Gasteiger partial charge >= 0.3 is 0 Å². The highest BCUT2D eigenvalue weighted by atomic mass is 35.5. The molecule has 4 aromatic rings. The Balaban J connectivity index is 1.66. The lowest BCUT2D eigenvalue weighted by Crippen LogP contribution is -2.13. The molecule has 3 aromatic heterocycles. The average molecular weight is 499 g/mol. The molecular weight excluding hydrogens is 476 g/mol. The predicted octanol–water partition coefficient (Wildman–Crippen LogP) is 4.20. The number of benzene rings is 1. The van der Waals surface area contributed by atoms with E-state index in [0.29, 0.717) is 45.7 Å². The van der Waals surface area contributed by atoms with E-state index < -0.39 is 10.0 Å². The molecule has 5 rings (SSSR count). The van der Waals surface area contributed by atoms with E-state index in [1.807, 2.05) is 30.5 Å². The molecule has 0 atom stereocenters. The predicted molar refractivity (Wildman–Crippen MR) is 131 cm³/mol. The second-order valence-corrected chi connectivity index (χ2v) is 11.0. The second-order valence-electron chi connectivity index (χ2n) is 8.82. The van der Waals surface area contributed by atoms with Crippen LogP contribution in [0.15, 0.2) is 42.9 Å². The van der Waals surface area contributed by atoms with Crippen LogP contribution in [0.1, 0.15) is 31.0 Å². The number of rotatable bonds is 7. The normalized spacial score (nSPS) is 14.8. The molecule has 0 unspecified atom stereocenters. The van der Waals surface area contributed by atoms with E-state index in [1.54, 1.807) is 24.4 Å². The third kappa shape index (κ3) is 4.69. The molecule has 34 heavy (non-hydrogen) atoms. The summed E-state index contributed by atoms with van der Waals surface area (Å²) in [6.07, 6.45) is 6.23. The minimum atomic E-state index is -3.43. The standard InChI is InChI=1S/C23H23ClN6O3S/c1-14-6-9-25-16(10-14)12-30-20(17-5-4-15(11-18(17)24)29-34(3,31)32)28-19-21(30)26-13-27-22(19)33-23(2)7-8-23/h4-6,9-11,13,29H,7-8,12H2,1-3H3. The number of nitrogens with one attached hydrogen (secondary N) is 1. The van der Waals surface area contributed by atoms with E-state index in [0.717, 1.165) is 30.4 Å². The zero-order valence-corrected chi connectivity index (χ0v) is 20.5. The maximum absolute atomic E-state index is 11.6. The molecule has 1 aliphatic rings. The smallest absolute Gasteiger partial charge is 0.245 e. The fourth-order valence-corrected chi connectivity index (χ4v) is 4.50. The molecule has 0 radical (unpaired) electrons. The average Bonchev–Trinajstić information content (AvgIpc) is 3.36. The van der Waals surface area contributed by atoms with Gasteiger partial charge in [0.25, 0.3) is 0 Å². The Bertz CT molecular complexity index is 1510. The largest absolute Gasteiger partial charge is 0.470 e. The van der Waals surface area contributed by atoms with Crippen LogP contribution >= 0.6 is 11.6 Å². The molecule has 0 aliphatic heterocycles. The molecule has 1 aromatic carbocycles. The molecule has 0 saturated heterocycles. The molecule has 0 spiro atoms. The van der Waals surface area contributed by atoms with E-state index in [-0.39, 0.29) is 5.60 Å². The van der Waals surface area contributed by atoms with Crippen molar-refractivity contribution in [1.29, 1.82) is 0 Å². The zero-order valence-electron chi connectivity index (χ0n) is 18.9. The zero-order chi connectivity index (χ0) is 24.1. The van der Waals surface area contributed by atoms with Gasteiger partial charge in [0.1, 0.15) is 17.8 Å². The van der Waals surface area contributed by atoms with Gasteiger partial charge < -0.3 is 9.30 Å². The monoisotopic (exact) mass is 498 g/mol. The van der Waals surface area contributed by atoms with Crippen LogP contribution in [0, 0.1) is 6.92 Å². The van der Waals surface area contributed by atoms with Gasteiger partial charge in [-0.3, -0.25) is 9.71 Å². The van der Waals surface area contributed by atoms with Gasteiger partial charge in [0.05, 0.1) is 23.5 Å². The Morgan fingerprint density at radius 3 is 2.65 bits per heavy atom. The second kappa shape index (κ2) is 8.21. The van der Waals surface area contributed by atoms with Crippen LogP contribution in [-0.2, 0) is 16.6 Å². The molecule has 0 bridgehead atoms. The molecule has 11 heteroatoms. The van der Waals surface area contributed by atoms with Crippen LogP contribution in [0.25, 0.3) is 22.6 Å². The van der Waals surface area contributed by atoms with E-state index in [4.69, 9.17) is 21.3 Å². The molecule has 1 fully saturated rings. The third-order valence-corrected chi connectivity index (χ3v) is 6.52. The van der Waals surface area contributed by atoms with Crippen molar-refractivity contribution in [3.63, 3.8) is 0 Å². The fourth-order valence-electron chi connectivity index (χ4n) is 3.68. The lowest BCUT2D eigenvalue weighted by atomic mass is 10.2. The minimum absolute atomic E-state index is 0.236. The number of ether oxygens (including phenoxy) is 1. The number of hydrogen-bond donors (Lipinski definition) is 1. The maximum atomic E-state index is 11.6. The molecule has 1 saturated carbocycles. The highest BCUT2D eigenvalue weighted by molar-refractivity contribution is 7.92. The van der Waals surface area contributed by atoms with E-state index >= 15 is 0 Å². The van der Waals surface area contributed by atoms with Crippen molar-refractivity contribution in [3.05, 3.63) is 59.1 Å². The summed E-state index contributed by atoms with van der Waals surface area (Å²) >= 11 is 6.61. The van der Waals surface area contributed by atoms with Gasteiger partial charge in [-0.25, -0.2) is 18.4 Å². The van der Waals surface area contributed by atoms with Gasteiger partial charge in [0.15, 0.2) is 11.2 Å². The molecule has 1 N–H and O–H groups in total. The molecular formula is C23H23ClN6O3S. The third-order valence-electron chi connectivity index (χ3n) is 5.60. The van der Waals surface area contributed by atoms with Crippen molar-refractivity contribution in [3.8, 4) is 17.3 Å². The summed E-state index contributed by atoms with van der Waals surface area (Å²) in [5.74, 6) is 0.981. The number of anilines is 1. The van der Waals surface area contributed by atoms with Crippen molar-refractivity contribution >= 4 is 38.5 Å². The van der Waals surface area contributed by atoms with E-state index in [1.165, 1.54) is 6.33 Å². The summed E-state index contributed by atoms with van der Waals surface area (Å²) in [5, 5.41) is 0.340. The lowest BCUT2D eigenvalue weighted by molar-refractivity contribution is 0.194. The van der Waals surface area contributed by atoms with Crippen molar-refractivity contribution in [1.82, 2.24) is 24.5 Å². The summed E-state index contributed by atoms with van der Waals surface area (Å²) in [7, 11) is -3.43. The van der Waals surface area contributed by atoms with Crippen LogP contribution in [-0.4, -0.2) is 44.8 Å². The number of nitrogens with zero attached hydrogens (tertiary/aromatic N) is 5. The molecule has 1 aliphatic carbocycles. The summed E-state index contributed by atoms with van der Waals surface area (Å²) in [6, 6.07) is 8.87. The number of aromatic nitrogens is 5. The number of halogens is 1. The van der Waals surface area contributed by atoms with Gasteiger partial charge in [-0.1, -0.05) is 11.6 Å². The van der Waals surface area contributed by atoms with Gasteiger partial charge in [-0.05, 0) is 62.6 Å². The van der Waals surface area contributed by atoms with Gasteiger partial charge in [0.2, 0.25) is 15.9 Å². The summed E-state index contributed by atoms with van der Waals surface area (Å²) < 4.78 is 33.7. The van der Waals surface area contributed by atoms with Gasteiger partial charge in [-0.15, -0.1) is 0 Å². The summed E-state index contributed by atoms with van der Waals surface area (Å²) in [5.41, 5.74) is 3.81. The van der Waals surface area contributed by atoms with Crippen molar-refractivity contribution in [2.24, 2.45) is 0 Å². The number of imidazole rings is 1. The first-order valence-corrected chi connectivity index (χ1v) is 13.0. The van der Waals surface area contributed by atoms with Gasteiger partial charge in [0, 0.05) is 17.4 Å². The fraction of sp³-hybridized carbons (Fsp3) is 0.304. The maximum Gasteiger partial charge on any atom is 0.245 e. The first-order chi connectivity index (χ1) is 16.1. The van der Waals surface area contributed by atoms with Crippen molar-refractivity contribution in [2.45, 2.75) is 38.8 Å². The highest BCUT2D eigenvalue weighted by Crippen LogP contribution is 2.41. The molecule has 3 heterocycles. The Kier molecular flexibility index (Phi) is 5.44. The molecule has 176 valence electrons. The minimum Gasteiger partial charge on any atom is -0.470 e.